The van der Waals surface area contributed by atoms with Gasteiger partial charge in [0.2, 0.25) is 0 Å². The van der Waals surface area contributed by atoms with Crippen molar-refractivity contribution >= 4 is 22.3 Å². The zero-order valence-electron chi connectivity index (χ0n) is 26.2. The van der Waals surface area contributed by atoms with E-state index in [4.69, 9.17) is 14.2 Å². The Morgan fingerprint density at radius 3 is 2.52 bits per heavy atom. The number of ether oxygens (including phenoxy) is 3. The highest BCUT2D eigenvalue weighted by atomic mass is 32.3. The van der Waals surface area contributed by atoms with Gasteiger partial charge in [-0.05, 0) is 116 Å². The van der Waals surface area contributed by atoms with E-state index in [2.05, 4.69) is 34.0 Å². The maximum Gasteiger partial charge on any atom is 0.303 e. The molecule has 0 aromatic carbocycles. The van der Waals surface area contributed by atoms with Crippen LogP contribution in [0.4, 0.5) is 0 Å². The van der Waals surface area contributed by atoms with Crippen molar-refractivity contribution in [2.24, 2.45) is 34.0 Å². The minimum absolute atomic E-state index is 0.0867. The van der Waals surface area contributed by atoms with E-state index < -0.39 is 21.7 Å². The number of aliphatic hydroxyl groups is 1. The maximum atomic E-state index is 11.9. The summed E-state index contributed by atoms with van der Waals surface area (Å²) in [5.74, 6) is 2.94. The van der Waals surface area contributed by atoms with E-state index >= 15 is 0 Å². The normalized spacial score (nSPS) is 52.9. The van der Waals surface area contributed by atoms with Crippen molar-refractivity contribution in [3.8, 4) is 0 Å². The van der Waals surface area contributed by atoms with Crippen molar-refractivity contribution in [3.63, 3.8) is 0 Å². The van der Waals surface area contributed by atoms with Gasteiger partial charge in [-0.1, -0.05) is 27.7 Å². The number of hydrogen-bond donors (Lipinski definition) is 1. The molecule has 0 amide bonds. The third-order valence-corrected chi connectivity index (χ3v) is 19.6. The summed E-state index contributed by atoms with van der Waals surface area (Å²) < 4.78 is 19.1. The fourth-order valence-electron chi connectivity index (χ4n) is 12.5. The topological polar surface area (TPSA) is 82.1 Å². The quantitative estimate of drug-likeness (QED) is 0.324. The summed E-state index contributed by atoms with van der Waals surface area (Å²) in [6.07, 6.45) is 12.4. The molecular weight excluding hydrogens is 524 g/mol. The van der Waals surface area contributed by atoms with Gasteiger partial charge in [0.15, 0.2) is 6.10 Å². The van der Waals surface area contributed by atoms with E-state index in [1.165, 1.54) is 38.4 Å². The molecule has 228 valence electrons. The van der Waals surface area contributed by atoms with Crippen LogP contribution in [0.5, 0.6) is 0 Å². The fourth-order valence-corrected chi connectivity index (χ4v) is 19.3. The third kappa shape index (κ3) is 3.59. The van der Waals surface area contributed by atoms with Gasteiger partial charge in [0, 0.05) is 11.7 Å². The van der Waals surface area contributed by atoms with Crippen molar-refractivity contribution < 1.29 is 28.9 Å². The molecule has 0 bridgehead atoms. The van der Waals surface area contributed by atoms with Crippen LogP contribution in [-0.4, -0.2) is 76.0 Å². The summed E-state index contributed by atoms with van der Waals surface area (Å²) in [5.41, 5.74) is -0.342. The highest BCUT2D eigenvalue weighted by molar-refractivity contribution is 8.35. The molecule has 3 saturated heterocycles. The van der Waals surface area contributed by atoms with E-state index in [0.29, 0.717) is 32.7 Å². The number of aldehydes is 1. The van der Waals surface area contributed by atoms with Gasteiger partial charge < -0.3 is 24.1 Å². The summed E-state index contributed by atoms with van der Waals surface area (Å²) in [6, 6.07) is 0. The molecule has 40 heavy (non-hydrogen) atoms. The Kier molecular flexibility index (Phi) is 6.76. The second kappa shape index (κ2) is 9.19. The summed E-state index contributed by atoms with van der Waals surface area (Å²) in [7, 11) is -0.912. The molecule has 6 unspecified atom stereocenters. The molecule has 6 aliphatic rings. The first kappa shape index (κ1) is 29.4. The number of rotatable bonds is 6. The lowest BCUT2D eigenvalue weighted by molar-refractivity contribution is -0.200. The zero-order chi connectivity index (χ0) is 29.1. The number of esters is 1. The van der Waals surface area contributed by atoms with Crippen molar-refractivity contribution in [3.05, 3.63) is 0 Å². The lowest BCUT2D eigenvalue weighted by Gasteiger charge is -2.67. The Labute approximate surface area is 243 Å². The van der Waals surface area contributed by atoms with Crippen LogP contribution in [0.3, 0.4) is 0 Å². The Bertz CT molecular complexity index is 1050. The number of fused-ring (bicyclic) bond motifs is 4. The van der Waals surface area contributed by atoms with Gasteiger partial charge in [0.25, 0.3) is 0 Å². The van der Waals surface area contributed by atoms with Crippen LogP contribution in [0.2, 0.25) is 0 Å². The SMILES string of the molecule is CC(=O)O[C@@H]([C@H]1CCC2C(CC3[C@]2(C)CC[C@@]24[C@H](C)C25CC[C@H](OCC=O)C(C)(C)C5CCS34C)O1)C(C)(C)O. The molecule has 12 atom stereocenters. The Morgan fingerprint density at radius 2 is 1.88 bits per heavy atom. The predicted octanol–water partition coefficient (Wildman–Crippen LogP) is 5.66. The molecule has 6 nitrogen and oxygen atoms in total. The van der Waals surface area contributed by atoms with E-state index in [9.17, 15) is 14.7 Å². The number of carbonyl (C=O) groups is 2. The Balaban J connectivity index is 1.28. The first-order valence-corrected chi connectivity index (χ1v) is 18.2. The van der Waals surface area contributed by atoms with Crippen LogP contribution < -0.4 is 0 Å². The third-order valence-electron chi connectivity index (χ3n) is 14.0. The zero-order valence-corrected chi connectivity index (χ0v) is 27.0. The average Bonchev–Trinajstić information content (AvgIpc) is 3.24. The van der Waals surface area contributed by atoms with Crippen LogP contribution in [0.15, 0.2) is 0 Å². The molecule has 7 heteroatoms. The highest BCUT2D eigenvalue weighted by Gasteiger charge is 2.87. The predicted molar refractivity (Wildman–Crippen MR) is 159 cm³/mol. The Morgan fingerprint density at radius 1 is 1.15 bits per heavy atom. The van der Waals surface area contributed by atoms with Gasteiger partial charge in [0.05, 0.1) is 23.9 Å². The van der Waals surface area contributed by atoms with E-state index in [-0.39, 0.29) is 36.3 Å². The van der Waals surface area contributed by atoms with Gasteiger partial charge >= 0.3 is 5.97 Å². The molecule has 0 radical (unpaired) electrons. The van der Waals surface area contributed by atoms with Crippen molar-refractivity contribution in [1.29, 1.82) is 0 Å². The summed E-state index contributed by atoms with van der Waals surface area (Å²) in [4.78, 5) is 23.0. The molecular formula is C33H54O6S. The number of carbonyl (C=O) groups excluding carboxylic acids is 2. The van der Waals surface area contributed by atoms with Crippen LogP contribution in [-0.2, 0) is 23.8 Å². The molecule has 1 N–H and O–H groups in total. The average molecular weight is 579 g/mol. The molecule has 2 spiro atoms. The van der Waals surface area contributed by atoms with Gasteiger partial charge in [-0.25, -0.2) is 10.0 Å². The molecule has 0 aromatic rings. The largest absolute Gasteiger partial charge is 0.457 e. The van der Waals surface area contributed by atoms with E-state index in [1.54, 1.807) is 13.8 Å². The minimum Gasteiger partial charge on any atom is -0.457 e. The van der Waals surface area contributed by atoms with Gasteiger partial charge in [-0.15, -0.1) is 0 Å². The van der Waals surface area contributed by atoms with Gasteiger partial charge in [-0.2, -0.15) is 0 Å². The molecule has 3 aliphatic heterocycles. The van der Waals surface area contributed by atoms with Crippen LogP contribution in [0, 0.1) is 34.0 Å². The second-order valence-electron chi connectivity index (χ2n) is 16.0. The lowest BCUT2D eigenvalue weighted by Crippen LogP contribution is -2.57. The summed E-state index contributed by atoms with van der Waals surface area (Å²) in [5, 5.41) is 11.6. The molecule has 6 rings (SSSR count). The summed E-state index contributed by atoms with van der Waals surface area (Å²) in [6.45, 7) is 15.1. The van der Waals surface area contributed by atoms with Crippen molar-refractivity contribution in [2.75, 3.05) is 18.6 Å². The maximum absolute atomic E-state index is 11.9. The lowest BCUT2D eigenvalue weighted by atomic mass is 9.57. The molecule has 0 aromatic heterocycles. The van der Waals surface area contributed by atoms with Crippen LogP contribution in [0.1, 0.15) is 99.8 Å². The van der Waals surface area contributed by atoms with E-state index in [1.807, 2.05) is 0 Å². The van der Waals surface area contributed by atoms with Crippen LogP contribution in [0.25, 0.3) is 0 Å². The van der Waals surface area contributed by atoms with Crippen molar-refractivity contribution in [2.45, 2.75) is 140 Å². The monoisotopic (exact) mass is 578 g/mol. The number of hydrogen-bond acceptors (Lipinski definition) is 6. The standard InChI is InChI=1S/C33H54O6S/c1-20-32-13-11-26(37-17-16-34)29(3,4)25(32)12-18-40(8)27-19-24-22(31(27,7)14-15-33(20,32)40)9-10-23(39-24)28(30(5,6)36)38-21(2)35/h16,20,22-28,36H,9-15,17-19H2,1-8H3/t20-,22?,23-,24?,25?,26+,27?,28+,31-,32?,33-/m1/s1. The van der Waals surface area contributed by atoms with E-state index in [0.717, 1.165) is 37.9 Å². The molecule has 6 fully saturated rings. The van der Waals surface area contributed by atoms with Crippen LogP contribution >= 0.6 is 10.0 Å². The molecule has 3 heterocycles. The van der Waals surface area contributed by atoms with Gasteiger partial charge in [0.1, 0.15) is 12.9 Å². The smallest absolute Gasteiger partial charge is 0.303 e. The van der Waals surface area contributed by atoms with Crippen molar-refractivity contribution in [1.82, 2.24) is 0 Å². The first-order valence-electron chi connectivity index (χ1n) is 16.0. The second-order valence-corrected chi connectivity index (χ2v) is 20.0. The minimum atomic E-state index is -1.14. The molecule has 3 aliphatic carbocycles. The first-order chi connectivity index (χ1) is 18.6. The summed E-state index contributed by atoms with van der Waals surface area (Å²) >= 11 is 0. The van der Waals surface area contributed by atoms with Gasteiger partial charge in [-0.3, -0.25) is 4.79 Å². The molecule has 3 saturated carbocycles. The fraction of sp³-hybridized carbons (Fsp3) is 0.939. The highest BCUT2D eigenvalue weighted by Crippen LogP contribution is 2.95. The Hall–Kier alpha value is -0.630.